The highest BCUT2D eigenvalue weighted by Gasteiger charge is 2.30. The number of nitrogens with one attached hydrogen (secondary N) is 1. The predicted molar refractivity (Wildman–Crippen MR) is 106 cm³/mol. The van der Waals surface area contributed by atoms with Gasteiger partial charge >= 0.3 is 0 Å². The van der Waals surface area contributed by atoms with E-state index in [0.717, 1.165) is 24.8 Å². The van der Waals surface area contributed by atoms with Crippen LogP contribution in [0.25, 0.3) is 0 Å². The van der Waals surface area contributed by atoms with Crippen LogP contribution in [0.1, 0.15) is 41.3 Å². The molecule has 7 heteroatoms. The summed E-state index contributed by atoms with van der Waals surface area (Å²) in [7, 11) is -2.03. The van der Waals surface area contributed by atoms with Crippen LogP contribution in [0, 0.1) is 0 Å². The molecule has 0 radical (unpaired) electrons. The monoisotopic (exact) mass is 406 g/mol. The Morgan fingerprint density at radius 1 is 1.15 bits per heavy atom. The minimum atomic E-state index is -3.73. The second kappa shape index (κ2) is 8.00. The largest absolute Gasteiger partial charge is 0.337 e. The van der Waals surface area contributed by atoms with Crippen LogP contribution in [0.4, 0.5) is 0 Å². The van der Waals surface area contributed by atoms with Crippen molar-refractivity contribution in [3.63, 3.8) is 0 Å². The number of benzene rings is 2. The summed E-state index contributed by atoms with van der Waals surface area (Å²) in [4.78, 5) is 14.3. The zero-order valence-corrected chi connectivity index (χ0v) is 17.0. The fraction of sp³-hybridized carbons (Fsp3) is 0.350. The molecule has 0 spiro atoms. The van der Waals surface area contributed by atoms with E-state index in [1.807, 2.05) is 24.3 Å². The average molecular weight is 407 g/mol. The molecule has 1 fully saturated rings. The molecule has 27 heavy (non-hydrogen) atoms. The minimum absolute atomic E-state index is 0.0285. The Morgan fingerprint density at radius 2 is 1.78 bits per heavy atom. The van der Waals surface area contributed by atoms with Gasteiger partial charge in [0.2, 0.25) is 10.0 Å². The Morgan fingerprint density at radius 3 is 2.37 bits per heavy atom. The molecule has 1 amide bonds. The molecule has 2 aromatic rings. The van der Waals surface area contributed by atoms with Crippen molar-refractivity contribution in [1.82, 2.24) is 9.62 Å². The molecular formula is C20H23ClN2O3S. The van der Waals surface area contributed by atoms with E-state index < -0.39 is 10.0 Å². The molecule has 3 rings (SSSR count). The summed E-state index contributed by atoms with van der Waals surface area (Å²) in [6.45, 7) is 2.53. The molecule has 0 saturated heterocycles. The quantitative estimate of drug-likeness (QED) is 0.763. The van der Waals surface area contributed by atoms with Gasteiger partial charge in [0.1, 0.15) is 4.90 Å². The lowest BCUT2D eigenvalue weighted by Crippen LogP contribution is -2.28. The van der Waals surface area contributed by atoms with E-state index in [-0.39, 0.29) is 21.9 Å². The van der Waals surface area contributed by atoms with Gasteiger partial charge in [0, 0.05) is 25.2 Å². The molecule has 1 aliphatic carbocycles. The lowest BCUT2D eigenvalue weighted by molar-refractivity contribution is 0.0785. The first-order valence-corrected chi connectivity index (χ1v) is 10.8. The minimum Gasteiger partial charge on any atom is -0.337 e. The van der Waals surface area contributed by atoms with Gasteiger partial charge in [-0.1, -0.05) is 42.8 Å². The third-order valence-corrected chi connectivity index (χ3v) is 6.57. The van der Waals surface area contributed by atoms with E-state index >= 15 is 0 Å². The SMILES string of the molecule is CCc1ccc(CN(C)C(=O)c2ccc(Cl)c(S(=O)(=O)NC3CC3)c2)cc1. The molecule has 0 heterocycles. The van der Waals surface area contributed by atoms with Crippen LogP contribution >= 0.6 is 11.6 Å². The molecular weight excluding hydrogens is 384 g/mol. The van der Waals surface area contributed by atoms with Crippen molar-refractivity contribution in [1.29, 1.82) is 0 Å². The Hall–Kier alpha value is -1.89. The molecule has 0 bridgehead atoms. The third kappa shape index (κ3) is 4.89. The van der Waals surface area contributed by atoms with Crippen molar-refractivity contribution in [3.05, 3.63) is 64.2 Å². The zero-order chi connectivity index (χ0) is 19.6. The van der Waals surface area contributed by atoms with E-state index in [2.05, 4.69) is 11.6 Å². The van der Waals surface area contributed by atoms with Gasteiger partial charge in [-0.2, -0.15) is 0 Å². The van der Waals surface area contributed by atoms with Gasteiger partial charge in [-0.15, -0.1) is 0 Å². The van der Waals surface area contributed by atoms with Gasteiger partial charge < -0.3 is 4.90 Å². The molecule has 0 unspecified atom stereocenters. The number of hydrogen-bond donors (Lipinski definition) is 1. The van der Waals surface area contributed by atoms with Gasteiger partial charge in [0.25, 0.3) is 5.91 Å². The number of rotatable bonds is 7. The van der Waals surface area contributed by atoms with Gasteiger partial charge in [-0.25, -0.2) is 13.1 Å². The van der Waals surface area contributed by atoms with Crippen LogP contribution < -0.4 is 4.72 Å². The first kappa shape index (κ1) is 19.9. The fourth-order valence-corrected chi connectivity index (χ4v) is 4.60. The fourth-order valence-electron chi connectivity index (χ4n) is 2.77. The maximum atomic E-state index is 12.8. The normalized spacial score (nSPS) is 14.2. The van der Waals surface area contributed by atoms with Crippen molar-refractivity contribution >= 4 is 27.5 Å². The lowest BCUT2D eigenvalue weighted by Gasteiger charge is -2.18. The van der Waals surface area contributed by atoms with Gasteiger partial charge in [0.05, 0.1) is 5.02 Å². The van der Waals surface area contributed by atoms with Crippen LogP contribution in [0.3, 0.4) is 0 Å². The number of aryl methyl sites for hydroxylation is 1. The molecule has 0 aromatic heterocycles. The maximum Gasteiger partial charge on any atom is 0.253 e. The van der Waals surface area contributed by atoms with Crippen molar-refractivity contribution in [2.75, 3.05) is 7.05 Å². The van der Waals surface area contributed by atoms with Gasteiger partial charge in [-0.3, -0.25) is 4.79 Å². The summed E-state index contributed by atoms with van der Waals surface area (Å²) in [6, 6.07) is 12.4. The number of halogens is 1. The lowest BCUT2D eigenvalue weighted by atomic mass is 10.1. The standard InChI is InChI=1S/C20H23ClN2O3S/c1-3-14-4-6-15(7-5-14)13-23(2)20(24)16-8-11-18(21)19(12-16)27(25,26)22-17-9-10-17/h4-8,11-12,17,22H,3,9-10,13H2,1-2H3. The predicted octanol–water partition coefficient (Wildman–Crippen LogP) is 3.62. The van der Waals surface area contributed by atoms with Crippen molar-refractivity contribution in [2.24, 2.45) is 0 Å². The zero-order valence-electron chi connectivity index (χ0n) is 15.4. The van der Waals surface area contributed by atoms with E-state index in [0.29, 0.717) is 12.1 Å². The Balaban J connectivity index is 1.78. The first-order chi connectivity index (χ1) is 12.8. The van der Waals surface area contributed by atoms with Crippen LogP contribution in [0.2, 0.25) is 5.02 Å². The number of carbonyl (C=O) groups excluding carboxylic acids is 1. The van der Waals surface area contributed by atoms with Crippen LogP contribution in [0.5, 0.6) is 0 Å². The summed E-state index contributed by atoms with van der Waals surface area (Å²) < 4.78 is 27.6. The topological polar surface area (TPSA) is 66.5 Å². The number of amides is 1. The van der Waals surface area contributed by atoms with Crippen LogP contribution in [-0.2, 0) is 23.0 Å². The highest BCUT2D eigenvalue weighted by atomic mass is 35.5. The van der Waals surface area contributed by atoms with Crippen LogP contribution in [-0.4, -0.2) is 32.3 Å². The summed E-state index contributed by atoms with van der Waals surface area (Å²) in [5.74, 6) is -0.255. The summed E-state index contributed by atoms with van der Waals surface area (Å²) in [5, 5.41) is 0.109. The van der Waals surface area contributed by atoms with Gasteiger partial charge in [-0.05, 0) is 48.6 Å². The second-order valence-electron chi connectivity index (χ2n) is 6.87. The van der Waals surface area contributed by atoms with Crippen molar-refractivity contribution in [3.8, 4) is 0 Å². The van der Waals surface area contributed by atoms with E-state index in [1.54, 1.807) is 18.0 Å². The summed E-state index contributed by atoms with van der Waals surface area (Å²) in [6.07, 6.45) is 2.62. The number of hydrogen-bond acceptors (Lipinski definition) is 3. The van der Waals surface area contributed by atoms with Crippen molar-refractivity contribution < 1.29 is 13.2 Å². The summed E-state index contributed by atoms with van der Waals surface area (Å²) in [5.41, 5.74) is 2.55. The molecule has 1 N–H and O–H groups in total. The highest BCUT2D eigenvalue weighted by molar-refractivity contribution is 7.89. The number of carbonyl (C=O) groups is 1. The molecule has 5 nitrogen and oxygen atoms in total. The van der Waals surface area contributed by atoms with Crippen molar-refractivity contribution in [2.45, 2.75) is 43.7 Å². The Kier molecular flexibility index (Phi) is 5.89. The highest BCUT2D eigenvalue weighted by Crippen LogP contribution is 2.27. The van der Waals surface area contributed by atoms with Crippen LogP contribution in [0.15, 0.2) is 47.4 Å². The molecule has 2 aromatic carbocycles. The van der Waals surface area contributed by atoms with E-state index in [9.17, 15) is 13.2 Å². The first-order valence-electron chi connectivity index (χ1n) is 8.95. The molecule has 1 aliphatic rings. The molecule has 1 saturated carbocycles. The Bertz CT molecular complexity index is 938. The second-order valence-corrected chi connectivity index (χ2v) is 8.96. The Labute approximate surface area is 165 Å². The molecule has 0 aliphatic heterocycles. The number of sulfonamides is 1. The average Bonchev–Trinajstić information content (AvgIpc) is 3.45. The number of nitrogens with zero attached hydrogens (tertiary/aromatic N) is 1. The van der Waals surface area contributed by atoms with E-state index in [4.69, 9.17) is 11.6 Å². The van der Waals surface area contributed by atoms with E-state index in [1.165, 1.54) is 17.7 Å². The summed E-state index contributed by atoms with van der Waals surface area (Å²) >= 11 is 6.08. The van der Waals surface area contributed by atoms with Gasteiger partial charge in [0.15, 0.2) is 0 Å². The molecule has 144 valence electrons. The maximum absolute atomic E-state index is 12.8. The molecule has 0 atom stereocenters. The smallest absolute Gasteiger partial charge is 0.253 e. The third-order valence-electron chi connectivity index (χ3n) is 4.56.